The molecule has 7 heteroatoms. The predicted octanol–water partition coefficient (Wildman–Crippen LogP) is 11.7. The molecule has 7 aromatic carbocycles. The molecule has 0 fully saturated rings. The van der Waals surface area contributed by atoms with Crippen molar-refractivity contribution in [3.8, 4) is 23.0 Å². The number of para-hydroxylation sites is 3. The first-order valence-electron chi connectivity index (χ1n) is 20.0. The molecule has 0 amide bonds. The van der Waals surface area contributed by atoms with E-state index in [4.69, 9.17) is 15.2 Å². The Hall–Kier alpha value is -6.86. The fraction of sp³-hybridized carbons (Fsp3) is 0.192. The number of anilines is 3. The predicted molar refractivity (Wildman–Crippen MR) is 243 cm³/mol. The molecule has 4 N–H and O–H groups in total. The molecule has 7 nitrogen and oxygen atoms in total. The number of phenols is 2. The van der Waals surface area contributed by atoms with Gasteiger partial charge in [0.15, 0.2) is 13.5 Å². The maximum Gasteiger partial charge on any atom is 0.161 e. The number of nitrogens with zero attached hydrogens (tertiary/aromatic N) is 2. The van der Waals surface area contributed by atoms with Gasteiger partial charge in [0.1, 0.15) is 23.0 Å². The molecule has 0 unspecified atom stereocenters. The Balaban J connectivity index is 0.000000200. The molecule has 0 bridgehead atoms. The van der Waals surface area contributed by atoms with Crippen LogP contribution in [0.5, 0.6) is 23.0 Å². The van der Waals surface area contributed by atoms with Crippen LogP contribution < -0.4 is 25.0 Å². The van der Waals surface area contributed by atoms with E-state index in [1.165, 1.54) is 33.6 Å². The van der Waals surface area contributed by atoms with E-state index >= 15 is 0 Å². The van der Waals surface area contributed by atoms with E-state index in [1.807, 2.05) is 66.7 Å². The summed E-state index contributed by atoms with van der Waals surface area (Å²) in [4.78, 5) is 4.54. The van der Waals surface area contributed by atoms with Crippen LogP contribution in [0, 0.1) is 0 Å². The second-order valence-corrected chi connectivity index (χ2v) is 16.0. The van der Waals surface area contributed by atoms with Crippen molar-refractivity contribution >= 4 is 17.1 Å². The number of phenolic OH excluding ortho intramolecular Hbond substituents is 2. The van der Waals surface area contributed by atoms with Crippen LogP contribution in [0.2, 0.25) is 0 Å². The molecule has 0 spiro atoms. The number of nitrogens with two attached hydrogens (primary N) is 1. The summed E-state index contributed by atoms with van der Waals surface area (Å²) in [5.41, 5.74) is 15.5. The molecule has 2 heterocycles. The van der Waals surface area contributed by atoms with Gasteiger partial charge in [-0.15, -0.1) is 0 Å². The zero-order valence-electron chi connectivity index (χ0n) is 34.3. The molecule has 2 aliphatic heterocycles. The number of hydrogen-bond donors (Lipinski definition) is 3. The van der Waals surface area contributed by atoms with E-state index < -0.39 is 0 Å². The number of ether oxygens (including phenoxy) is 2. The molecule has 0 saturated heterocycles. The quantitative estimate of drug-likeness (QED) is 0.145. The minimum atomic E-state index is -0.159. The van der Waals surface area contributed by atoms with E-state index in [-0.39, 0.29) is 23.8 Å². The van der Waals surface area contributed by atoms with Crippen LogP contribution in [-0.2, 0) is 23.9 Å². The smallest absolute Gasteiger partial charge is 0.161 e. The summed E-state index contributed by atoms with van der Waals surface area (Å²) in [6, 6.07) is 58.2. The molecule has 0 saturated carbocycles. The normalized spacial score (nSPS) is 13.2. The highest BCUT2D eigenvalue weighted by molar-refractivity contribution is 5.54. The monoisotopic (exact) mass is 786 g/mol. The second kappa shape index (κ2) is 17.7. The van der Waals surface area contributed by atoms with Crippen LogP contribution in [0.4, 0.5) is 17.1 Å². The summed E-state index contributed by atoms with van der Waals surface area (Å²) in [7, 11) is 0. The highest BCUT2D eigenvalue weighted by Gasteiger charge is 2.28. The molecule has 59 heavy (non-hydrogen) atoms. The topological polar surface area (TPSA) is 91.4 Å². The van der Waals surface area contributed by atoms with Gasteiger partial charge >= 0.3 is 0 Å². The first-order chi connectivity index (χ1) is 28.5. The maximum absolute atomic E-state index is 9.30. The third kappa shape index (κ3) is 9.65. The molecule has 0 radical (unpaired) electrons. The number of fused-ring (bicyclic) bond motifs is 2. The van der Waals surface area contributed by atoms with Crippen LogP contribution in [0.25, 0.3) is 0 Å². The molecular weight excluding hydrogens is 731 g/mol. The lowest BCUT2D eigenvalue weighted by Crippen LogP contribution is -2.32. The summed E-state index contributed by atoms with van der Waals surface area (Å²) in [6.45, 7) is 11.7. The van der Waals surface area contributed by atoms with Crippen molar-refractivity contribution in [2.45, 2.75) is 51.6 Å². The van der Waals surface area contributed by atoms with Gasteiger partial charge in [0.2, 0.25) is 0 Å². The number of hydrogen-bond acceptors (Lipinski definition) is 7. The van der Waals surface area contributed by atoms with Crippen molar-refractivity contribution in [1.82, 2.24) is 0 Å². The summed E-state index contributed by atoms with van der Waals surface area (Å²) in [5, 5.41) is 18.6. The van der Waals surface area contributed by atoms with E-state index in [0.29, 0.717) is 13.5 Å². The lowest BCUT2D eigenvalue weighted by molar-refractivity contribution is 0.288. The molecule has 0 aromatic heterocycles. The van der Waals surface area contributed by atoms with Gasteiger partial charge in [0.25, 0.3) is 0 Å². The number of aromatic hydroxyl groups is 2. The van der Waals surface area contributed by atoms with Gasteiger partial charge in [-0.25, -0.2) is 0 Å². The van der Waals surface area contributed by atoms with Crippen molar-refractivity contribution in [2.24, 2.45) is 0 Å². The Morgan fingerprint density at radius 2 is 0.797 bits per heavy atom. The zero-order valence-corrected chi connectivity index (χ0v) is 34.3. The molecule has 2 aliphatic rings. The average Bonchev–Trinajstić information content (AvgIpc) is 3.27. The van der Waals surface area contributed by atoms with E-state index in [0.717, 1.165) is 41.4 Å². The first-order valence-corrected chi connectivity index (χ1v) is 20.0. The van der Waals surface area contributed by atoms with Crippen LogP contribution in [0.3, 0.4) is 0 Å². The fourth-order valence-corrected chi connectivity index (χ4v) is 7.41. The van der Waals surface area contributed by atoms with Crippen LogP contribution >= 0.6 is 0 Å². The molecule has 9 rings (SSSR count). The molecule has 7 aromatic rings. The van der Waals surface area contributed by atoms with Crippen LogP contribution in [0.1, 0.15) is 62.5 Å². The first kappa shape index (κ1) is 40.3. The third-order valence-electron chi connectivity index (χ3n) is 11.3. The number of benzene rings is 7. The molecule has 0 atom stereocenters. The van der Waals surface area contributed by atoms with E-state index in [2.05, 4.69) is 122 Å². The van der Waals surface area contributed by atoms with Gasteiger partial charge in [0, 0.05) is 53.5 Å². The SMILES string of the molecule is CC(C)(c1ccc(O)cc1)c1ccc(O)cc1.CC(C)(c1ccc2c(c1)CN(c1ccccc1)CO2)c1ccc2c(c1)CN(c1ccccc1)CO2.Nc1ccccc1.[2HH]. The highest BCUT2D eigenvalue weighted by Crippen LogP contribution is 2.39. The van der Waals surface area contributed by atoms with Gasteiger partial charge in [-0.2, -0.15) is 0 Å². The molecule has 0 aliphatic carbocycles. The van der Waals surface area contributed by atoms with E-state index in [9.17, 15) is 10.2 Å². The van der Waals surface area contributed by atoms with Crippen molar-refractivity contribution in [1.29, 1.82) is 0 Å². The van der Waals surface area contributed by atoms with Crippen molar-refractivity contribution in [3.05, 3.63) is 209 Å². The minimum Gasteiger partial charge on any atom is -0.508 e. The lowest BCUT2D eigenvalue weighted by atomic mass is 9.77. The van der Waals surface area contributed by atoms with Gasteiger partial charge in [-0.05, 0) is 107 Å². The highest BCUT2D eigenvalue weighted by atomic mass is 16.5. The zero-order chi connectivity index (χ0) is 41.4. The Bertz CT molecular complexity index is 2280. The van der Waals surface area contributed by atoms with Crippen molar-refractivity contribution in [2.75, 3.05) is 29.0 Å². The van der Waals surface area contributed by atoms with E-state index in [1.54, 1.807) is 24.3 Å². The van der Waals surface area contributed by atoms with Gasteiger partial charge in [-0.3, -0.25) is 0 Å². The lowest BCUT2D eigenvalue weighted by Gasteiger charge is -2.34. The Kier molecular flexibility index (Phi) is 12.1. The number of nitrogen functional groups attached to an aromatic ring is 1. The second-order valence-electron chi connectivity index (χ2n) is 16.0. The third-order valence-corrected chi connectivity index (χ3v) is 11.3. The van der Waals surface area contributed by atoms with Crippen LogP contribution in [0.15, 0.2) is 176 Å². The minimum absolute atomic E-state index is 0. The summed E-state index contributed by atoms with van der Waals surface area (Å²) in [5.74, 6) is 2.51. The Morgan fingerprint density at radius 3 is 1.15 bits per heavy atom. The average molecular weight is 787 g/mol. The fourth-order valence-electron chi connectivity index (χ4n) is 7.41. The van der Waals surface area contributed by atoms with Gasteiger partial charge < -0.3 is 35.2 Å². The Morgan fingerprint density at radius 1 is 0.458 bits per heavy atom. The van der Waals surface area contributed by atoms with Gasteiger partial charge in [-0.1, -0.05) is 119 Å². The standard InChI is InChI=1S/C31H30N2O2.C15H16O2.C6H7N.H2/c1-31(2,25-13-15-29-23(17-25)19-32(21-34-29)27-9-5-3-6-10-27)26-14-16-30-24(18-26)20-33(22-35-30)28-11-7-4-8-12-28;1-15(2,11-3-7-13(16)8-4-11)12-5-9-14(17)10-6-12;7-6-4-2-1-3-5-6;/h3-18H,19-22H2,1-2H3;3-10,16-17H,1-2H3;1-5H,7H2;1H/i;;;1+1. The van der Waals surface area contributed by atoms with Crippen molar-refractivity contribution in [3.63, 3.8) is 0 Å². The van der Waals surface area contributed by atoms with Crippen molar-refractivity contribution < 1.29 is 21.1 Å². The largest absolute Gasteiger partial charge is 0.508 e. The molecule has 302 valence electrons. The maximum atomic E-state index is 9.30. The number of rotatable bonds is 6. The summed E-state index contributed by atoms with van der Waals surface area (Å²) >= 11 is 0. The summed E-state index contributed by atoms with van der Waals surface area (Å²) < 4.78 is 12.2. The molecular formula is C52H55N3O4. The summed E-state index contributed by atoms with van der Waals surface area (Å²) in [6.07, 6.45) is 0. The van der Waals surface area contributed by atoms with Crippen LogP contribution in [-0.4, -0.2) is 23.7 Å². The Labute approximate surface area is 350 Å². The van der Waals surface area contributed by atoms with Gasteiger partial charge in [0.05, 0.1) is 0 Å².